The number of thioether (sulfide) groups is 1. The van der Waals surface area contributed by atoms with Gasteiger partial charge in [-0.15, -0.1) is 29.7 Å². The number of piperidine rings is 1. The minimum Gasteiger partial charge on any atom is -0.448 e. The minimum absolute atomic E-state index is 0.0478. The standard InChI is InChI=1S/C37H40N4O6S2/c1-2-18-40-19-10-9-16-28(40)22-38-37(45)46-23-27-24-49-35-31(39-30(42)21-29-17-11-20-48-29)34(43)41(35)32(27)36(44)47-33(25-12-5-3-6-13-25)26-14-7-4-8-15-26/h2-8,11-15,17,20,28,31,33,35H,1,9-10,16,18-19,21-24H2,(H,38,45)(H,39,42)/t28?,31-,35-/m1/s1. The van der Waals surface area contributed by atoms with Crippen LogP contribution in [-0.4, -0.2) is 83.1 Å². The first kappa shape index (κ1) is 34.5. The number of ether oxygens (including phenoxy) is 2. The fourth-order valence-corrected chi connectivity index (χ4v) is 8.46. The quantitative estimate of drug-likeness (QED) is 0.145. The molecular formula is C37H40N4O6S2. The lowest BCUT2D eigenvalue weighted by Gasteiger charge is -2.49. The first-order valence-electron chi connectivity index (χ1n) is 16.5. The maximum absolute atomic E-state index is 14.2. The van der Waals surface area contributed by atoms with Crippen LogP contribution in [0.15, 0.2) is 102 Å². The van der Waals surface area contributed by atoms with Crippen LogP contribution in [0.5, 0.6) is 0 Å². The predicted octanol–water partition coefficient (Wildman–Crippen LogP) is 5.04. The van der Waals surface area contributed by atoms with Crippen molar-refractivity contribution in [1.29, 1.82) is 0 Å². The predicted molar refractivity (Wildman–Crippen MR) is 190 cm³/mol. The summed E-state index contributed by atoms with van der Waals surface area (Å²) in [5, 5.41) is 7.13. The molecule has 3 aliphatic rings. The van der Waals surface area contributed by atoms with Gasteiger partial charge in [0.2, 0.25) is 5.91 Å². The van der Waals surface area contributed by atoms with Crippen molar-refractivity contribution >= 4 is 47.0 Å². The molecule has 2 N–H and O–H groups in total. The number of nitrogens with one attached hydrogen (secondary N) is 2. The Bertz CT molecular complexity index is 1630. The SMILES string of the molecule is C=CCN1CCCCC1CNC(=O)OCC1=C(C(=O)OC(c2ccccc2)c2ccccc2)N2C(=O)[C@@H](NC(=O)Cc3cccs3)[C@H]2SC1. The van der Waals surface area contributed by atoms with Gasteiger partial charge in [-0.1, -0.05) is 79.2 Å². The van der Waals surface area contributed by atoms with Gasteiger partial charge in [0, 0.05) is 35.3 Å². The van der Waals surface area contributed by atoms with Crippen LogP contribution in [0.1, 0.15) is 41.4 Å². The number of hydrogen-bond acceptors (Lipinski definition) is 9. The molecule has 10 nitrogen and oxygen atoms in total. The van der Waals surface area contributed by atoms with Crippen molar-refractivity contribution in [2.45, 2.75) is 49.2 Å². The Morgan fingerprint density at radius 1 is 1.00 bits per heavy atom. The first-order valence-corrected chi connectivity index (χ1v) is 18.4. The van der Waals surface area contributed by atoms with Crippen LogP contribution in [0.4, 0.5) is 4.79 Å². The average Bonchev–Trinajstić information content (AvgIpc) is 3.65. The van der Waals surface area contributed by atoms with E-state index in [0.29, 0.717) is 17.9 Å². The molecule has 49 heavy (non-hydrogen) atoms. The molecule has 2 fully saturated rings. The van der Waals surface area contributed by atoms with Gasteiger partial charge in [0.1, 0.15) is 23.7 Å². The lowest BCUT2D eigenvalue weighted by atomic mass is 10.0. The Balaban J connectivity index is 1.20. The summed E-state index contributed by atoms with van der Waals surface area (Å²) in [5.41, 5.74) is 2.04. The number of thiophene rings is 1. The second-order valence-corrected chi connectivity index (χ2v) is 14.3. The number of carbonyl (C=O) groups is 4. The minimum atomic E-state index is -0.793. The molecule has 1 aromatic heterocycles. The molecular weight excluding hydrogens is 661 g/mol. The largest absolute Gasteiger partial charge is 0.448 e. The number of rotatable bonds is 13. The number of fused-ring (bicyclic) bond motifs is 1. The molecule has 12 heteroatoms. The van der Waals surface area contributed by atoms with Crippen LogP contribution >= 0.6 is 23.1 Å². The number of alkyl carbamates (subject to hydrolysis) is 1. The Hall–Kier alpha value is -4.39. The van der Waals surface area contributed by atoms with Crippen molar-refractivity contribution in [1.82, 2.24) is 20.4 Å². The molecule has 0 radical (unpaired) electrons. The van der Waals surface area contributed by atoms with Crippen LogP contribution in [-0.2, 0) is 30.3 Å². The average molecular weight is 701 g/mol. The fraction of sp³-hybridized carbons (Fsp3) is 0.351. The molecule has 4 heterocycles. The van der Waals surface area contributed by atoms with Crippen LogP contribution in [0.3, 0.4) is 0 Å². The summed E-state index contributed by atoms with van der Waals surface area (Å²) in [6, 6.07) is 21.9. The first-order chi connectivity index (χ1) is 23.9. The lowest BCUT2D eigenvalue weighted by molar-refractivity contribution is -0.154. The van der Waals surface area contributed by atoms with Crippen LogP contribution in [0.25, 0.3) is 0 Å². The van der Waals surface area contributed by atoms with E-state index < -0.39 is 35.5 Å². The van der Waals surface area contributed by atoms with Crippen molar-refractivity contribution in [2.75, 3.05) is 32.0 Å². The van der Waals surface area contributed by atoms with Crippen LogP contribution in [0.2, 0.25) is 0 Å². The van der Waals surface area contributed by atoms with Gasteiger partial charge < -0.3 is 20.1 Å². The smallest absolute Gasteiger partial charge is 0.407 e. The molecule has 0 bridgehead atoms. The van der Waals surface area contributed by atoms with E-state index in [4.69, 9.17) is 9.47 Å². The maximum Gasteiger partial charge on any atom is 0.407 e. The highest BCUT2D eigenvalue weighted by Gasteiger charge is 2.54. The van der Waals surface area contributed by atoms with E-state index in [0.717, 1.165) is 48.4 Å². The van der Waals surface area contributed by atoms with Crippen molar-refractivity contribution < 1.29 is 28.7 Å². The summed E-state index contributed by atoms with van der Waals surface area (Å²) in [6.07, 6.45) is 3.88. The van der Waals surface area contributed by atoms with Gasteiger partial charge in [0.15, 0.2) is 6.10 Å². The van der Waals surface area contributed by atoms with Crippen LogP contribution < -0.4 is 10.6 Å². The topological polar surface area (TPSA) is 117 Å². The van der Waals surface area contributed by atoms with Crippen molar-refractivity contribution in [3.63, 3.8) is 0 Å². The van der Waals surface area contributed by atoms with E-state index in [1.165, 1.54) is 28.0 Å². The molecule has 6 rings (SSSR count). The number of hydrogen-bond donors (Lipinski definition) is 2. The Morgan fingerprint density at radius 3 is 2.41 bits per heavy atom. The highest BCUT2D eigenvalue weighted by atomic mass is 32.2. The Morgan fingerprint density at radius 2 is 1.73 bits per heavy atom. The number of esters is 1. The van der Waals surface area contributed by atoms with E-state index in [2.05, 4.69) is 22.1 Å². The third kappa shape index (κ3) is 8.26. The number of carbonyl (C=O) groups excluding carboxylic acids is 4. The zero-order chi connectivity index (χ0) is 34.2. The molecule has 3 aromatic rings. The van der Waals surface area contributed by atoms with E-state index in [-0.39, 0.29) is 30.7 Å². The normalized spacial score (nSPS) is 20.6. The van der Waals surface area contributed by atoms with Gasteiger partial charge in [-0.05, 0) is 42.0 Å². The van der Waals surface area contributed by atoms with E-state index in [1.807, 2.05) is 84.3 Å². The molecule has 0 aliphatic carbocycles. The molecule has 0 saturated carbocycles. The monoisotopic (exact) mass is 700 g/mol. The van der Waals surface area contributed by atoms with Gasteiger partial charge in [0.05, 0.1) is 6.42 Å². The Kier molecular flexibility index (Phi) is 11.5. The summed E-state index contributed by atoms with van der Waals surface area (Å²) in [7, 11) is 0. The molecule has 2 aromatic carbocycles. The molecule has 1 unspecified atom stereocenters. The van der Waals surface area contributed by atoms with Gasteiger partial charge >= 0.3 is 12.1 Å². The molecule has 3 atom stereocenters. The second-order valence-electron chi connectivity index (χ2n) is 12.2. The van der Waals surface area contributed by atoms with Crippen molar-refractivity contribution in [3.8, 4) is 0 Å². The van der Waals surface area contributed by atoms with Gasteiger partial charge in [-0.25, -0.2) is 9.59 Å². The summed E-state index contributed by atoms with van der Waals surface area (Å²) >= 11 is 2.88. The third-order valence-corrected chi connectivity index (χ3v) is 11.1. The highest BCUT2D eigenvalue weighted by molar-refractivity contribution is 8.00. The summed E-state index contributed by atoms with van der Waals surface area (Å²) in [5.74, 6) is -1.08. The molecule has 0 spiro atoms. The molecule has 256 valence electrons. The molecule has 3 aliphatic heterocycles. The second kappa shape index (κ2) is 16.3. The van der Waals surface area contributed by atoms with Crippen molar-refractivity contribution in [2.24, 2.45) is 0 Å². The van der Waals surface area contributed by atoms with Crippen molar-refractivity contribution in [3.05, 3.63) is 118 Å². The zero-order valence-electron chi connectivity index (χ0n) is 27.1. The van der Waals surface area contributed by atoms with E-state index >= 15 is 0 Å². The highest BCUT2D eigenvalue weighted by Crippen LogP contribution is 2.41. The maximum atomic E-state index is 14.2. The van der Waals surface area contributed by atoms with Crippen LogP contribution in [0, 0.1) is 0 Å². The van der Waals surface area contributed by atoms with E-state index in [9.17, 15) is 19.2 Å². The number of nitrogens with zero attached hydrogens (tertiary/aromatic N) is 2. The Labute approximate surface area is 294 Å². The number of benzene rings is 2. The zero-order valence-corrected chi connectivity index (χ0v) is 28.8. The van der Waals surface area contributed by atoms with Gasteiger partial charge in [-0.2, -0.15) is 0 Å². The summed E-state index contributed by atoms with van der Waals surface area (Å²) in [4.78, 5) is 58.1. The summed E-state index contributed by atoms with van der Waals surface area (Å²) in [6.45, 7) is 5.79. The fourth-order valence-electron chi connectivity index (χ4n) is 6.43. The third-order valence-electron chi connectivity index (χ3n) is 8.87. The number of amides is 3. The molecule has 2 saturated heterocycles. The van der Waals surface area contributed by atoms with Gasteiger partial charge in [0.25, 0.3) is 5.91 Å². The van der Waals surface area contributed by atoms with E-state index in [1.54, 1.807) is 0 Å². The number of β-lactam (4-membered cyclic amide) rings is 1. The lowest BCUT2D eigenvalue weighted by Crippen LogP contribution is -2.70. The summed E-state index contributed by atoms with van der Waals surface area (Å²) < 4.78 is 11.8. The molecule has 3 amide bonds. The van der Waals surface area contributed by atoms with Gasteiger partial charge in [-0.3, -0.25) is 19.4 Å². The number of likely N-dealkylation sites (tertiary alicyclic amines) is 1.